The van der Waals surface area contributed by atoms with E-state index < -0.39 is 11.9 Å². The third kappa shape index (κ3) is 2.14. The highest BCUT2D eigenvalue weighted by atomic mass is 19.1. The molecule has 0 radical (unpaired) electrons. The van der Waals surface area contributed by atoms with E-state index in [2.05, 4.69) is 6.07 Å². The molecule has 1 aromatic carbocycles. The molecule has 1 heterocycles. The van der Waals surface area contributed by atoms with Crippen molar-refractivity contribution in [3.05, 3.63) is 35.1 Å². The van der Waals surface area contributed by atoms with E-state index in [9.17, 15) is 9.18 Å². The topological polar surface area (TPSA) is 44.1 Å². The van der Waals surface area contributed by atoms with Gasteiger partial charge < -0.3 is 4.90 Å². The Labute approximate surface area is 99.5 Å². The molecule has 3 nitrogen and oxygen atoms in total. The Kier molecular flexibility index (Phi) is 3.10. The second-order valence-corrected chi connectivity index (χ2v) is 4.27. The smallest absolute Gasteiger partial charge is 0.257 e. The Morgan fingerprint density at radius 3 is 3.06 bits per heavy atom. The zero-order chi connectivity index (χ0) is 12.4. The molecule has 1 fully saturated rings. The fourth-order valence-electron chi connectivity index (χ4n) is 2.10. The molecule has 0 saturated carbocycles. The number of halogens is 1. The molecular weight excluding hydrogens is 219 g/mol. The normalized spacial score (nSPS) is 19.1. The monoisotopic (exact) mass is 232 g/mol. The minimum Gasteiger partial charge on any atom is -0.323 e. The third-order valence-corrected chi connectivity index (χ3v) is 3.01. The second-order valence-electron chi connectivity index (χ2n) is 4.27. The van der Waals surface area contributed by atoms with Gasteiger partial charge in [-0.3, -0.25) is 4.79 Å². The Hall–Kier alpha value is -1.89. The van der Waals surface area contributed by atoms with Gasteiger partial charge in [0.25, 0.3) is 5.91 Å². The number of likely N-dealkylation sites (tertiary alicyclic amines) is 1. The van der Waals surface area contributed by atoms with Gasteiger partial charge in [-0.2, -0.15) is 5.26 Å². The van der Waals surface area contributed by atoms with Gasteiger partial charge in [0.1, 0.15) is 11.9 Å². The molecule has 1 aliphatic heterocycles. The van der Waals surface area contributed by atoms with Crippen molar-refractivity contribution in [3.63, 3.8) is 0 Å². The average molecular weight is 232 g/mol. The number of hydrogen-bond donors (Lipinski definition) is 0. The van der Waals surface area contributed by atoms with Gasteiger partial charge >= 0.3 is 0 Å². The van der Waals surface area contributed by atoms with Crippen LogP contribution in [-0.2, 0) is 0 Å². The van der Waals surface area contributed by atoms with Crippen LogP contribution in [0.5, 0.6) is 0 Å². The summed E-state index contributed by atoms with van der Waals surface area (Å²) in [5.74, 6) is -0.903. The summed E-state index contributed by atoms with van der Waals surface area (Å²) in [5.41, 5.74) is 0.898. The number of carbonyl (C=O) groups excluding carboxylic acids is 1. The molecule has 17 heavy (non-hydrogen) atoms. The van der Waals surface area contributed by atoms with Gasteiger partial charge in [-0.25, -0.2) is 4.39 Å². The first-order valence-corrected chi connectivity index (χ1v) is 5.60. The van der Waals surface area contributed by atoms with Crippen LogP contribution in [0.3, 0.4) is 0 Å². The molecule has 0 bridgehead atoms. The lowest BCUT2D eigenvalue weighted by atomic mass is 10.1. The van der Waals surface area contributed by atoms with Crippen molar-refractivity contribution in [3.8, 4) is 6.07 Å². The SMILES string of the molecule is Cc1ccc(F)c(C(=O)N2CCCC2C#N)c1. The highest BCUT2D eigenvalue weighted by Crippen LogP contribution is 2.21. The van der Waals surface area contributed by atoms with E-state index in [-0.39, 0.29) is 11.5 Å². The van der Waals surface area contributed by atoms with Crippen LogP contribution in [0.4, 0.5) is 4.39 Å². The molecule has 2 rings (SSSR count). The number of amides is 1. The maximum Gasteiger partial charge on any atom is 0.257 e. The Bertz CT molecular complexity index is 493. The first-order chi connectivity index (χ1) is 8.13. The van der Waals surface area contributed by atoms with Crippen molar-refractivity contribution in [1.82, 2.24) is 4.90 Å². The van der Waals surface area contributed by atoms with E-state index in [0.29, 0.717) is 13.0 Å². The van der Waals surface area contributed by atoms with E-state index in [0.717, 1.165) is 12.0 Å². The first-order valence-electron chi connectivity index (χ1n) is 5.60. The summed E-state index contributed by atoms with van der Waals surface area (Å²) in [6, 6.07) is 6.11. The van der Waals surface area contributed by atoms with Crippen LogP contribution in [0, 0.1) is 24.1 Å². The van der Waals surface area contributed by atoms with Gasteiger partial charge in [0.05, 0.1) is 11.6 Å². The van der Waals surface area contributed by atoms with E-state index in [1.165, 1.54) is 17.0 Å². The zero-order valence-corrected chi connectivity index (χ0v) is 9.61. The highest BCUT2D eigenvalue weighted by Gasteiger charge is 2.30. The van der Waals surface area contributed by atoms with Gasteiger partial charge in [-0.05, 0) is 31.9 Å². The first kappa shape index (κ1) is 11.6. The lowest BCUT2D eigenvalue weighted by Crippen LogP contribution is -2.35. The molecule has 1 amide bonds. The van der Waals surface area contributed by atoms with E-state index in [4.69, 9.17) is 5.26 Å². The number of hydrogen-bond acceptors (Lipinski definition) is 2. The largest absolute Gasteiger partial charge is 0.323 e. The number of benzene rings is 1. The molecule has 0 N–H and O–H groups in total. The molecule has 0 spiro atoms. The number of aryl methyl sites for hydroxylation is 1. The van der Waals surface area contributed by atoms with Crippen LogP contribution >= 0.6 is 0 Å². The molecule has 88 valence electrons. The summed E-state index contributed by atoms with van der Waals surface area (Å²) in [6.45, 7) is 2.34. The summed E-state index contributed by atoms with van der Waals surface area (Å²) in [4.78, 5) is 13.6. The van der Waals surface area contributed by atoms with E-state index in [1.807, 2.05) is 6.92 Å². The summed E-state index contributed by atoms with van der Waals surface area (Å²) in [7, 11) is 0. The van der Waals surface area contributed by atoms with Crippen molar-refractivity contribution in [2.75, 3.05) is 6.54 Å². The molecule has 4 heteroatoms. The summed E-state index contributed by atoms with van der Waals surface area (Å²) < 4.78 is 13.6. The van der Waals surface area contributed by atoms with Gasteiger partial charge in [0.15, 0.2) is 0 Å². The predicted molar refractivity (Wildman–Crippen MR) is 60.8 cm³/mol. The summed E-state index contributed by atoms with van der Waals surface area (Å²) >= 11 is 0. The number of nitriles is 1. The number of carbonyl (C=O) groups is 1. The Morgan fingerprint density at radius 2 is 2.35 bits per heavy atom. The minimum atomic E-state index is -0.524. The molecular formula is C13H13FN2O. The molecule has 0 aliphatic carbocycles. The van der Waals surface area contributed by atoms with Crippen LogP contribution < -0.4 is 0 Å². The Balaban J connectivity index is 2.31. The minimum absolute atomic E-state index is 0.0622. The van der Waals surface area contributed by atoms with E-state index >= 15 is 0 Å². The van der Waals surface area contributed by atoms with Crippen LogP contribution in [0.2, 0.25) is 0 Å². The quantitative estimate of drug-likeness (QED) is 0.745. The summed E-state index contributed by atoms with van der Waals surface area (Å²) in [5, 5.41) is 8.92. The summed E-state index contributed by atoms with van der Waals surface area (Å²) in [6.07, 6.45) is 1.48. The van der Waals surface area contributed by atoms with Crippen LogP contribution in [0.1, 0.15) is 28.8 Å². The maximum atomic E-state index is 13.6. The maximum absolute atomic E-state index is 13.6. The van der Waals surface area contributed by atoms with Gasteiger partial charge in [-0.1, -0.05) is 11.6 Å². The van der Waals surface area contributed by atoms with Crippen molar-refractivity contribution in [2.45, 2.75) is 25.8 Å². The third-order valence-electron chi connectivity index (χ3n) is 3.01. The lowest BCUT2D eigenvalue weighted by Gasteiger charge is -2.19. The number of rotatable bonds is 1. The van der Waals surface area contributed by atoms with Crippen molar-refractivity contribution in [1.29, 1.82) is 5.26 Å². The predicted octanol–water partition coefficient (Wildman–Crippen LogP) is 2.26. The highest BCUT2D eigenvalue weighted by molar-refractivity contribution is 5.95. The fourth-order valence-corrected chi connectivity index (χ4v) is 2.10. The average Bonchev–Trinajstić information content (AvgIpc) is 2.79. The fraction of sp³-hybridized carbons (Fsp3) is 0.385. The number of nitrogens with zero attached hydrogens (tertiary/aromatic N) is 2. The molecule has 1 saturated heterocycles. The molecule has 1 aromatic rings. The molecule has 0 aromatic heterocycles. The zero-order valence-electron chi connectivity index (χ0n) is 9.61. The molecule has 1 unspecified atom stereocenters. The Morgan fingerprint density at radius 1 is 1.59 bits per heavy atom. The van der Waals surface area contributed by atoms with Crippen molar-refractivity contribution < 1.29 is 9.18 Å². The standard InChI is InChI=1S/C13H13FN2O/c1-9-4-5-12(14)11(7-9)13(17)16-6-2-3-10(16)8-15/h4-5,7,10H,2-3,6H2,1H3. The van der Waals surface area contributed by atoms with Crippen LogP contribution in [0.25, 0.3) is 0 Å². The van der Waals surface area contributed by atoms with Gasteiger partial charge in [-0.15, -0.1) is 0 Å². The van der Waals surface area contributed by atoms with Gasteiger partial charge in [0.2, 0.25) is 0 Å². The molecule has 1 atom stereocenters. The van der Waals surface area contributed by atoms with Crippen LogP contribution in [-0.4, -0.2) is 23.4 Å². The van der Waals surface area contributed by atoms with Crippen LogP contribution in [0.15, 0.2) is 18.2 Å². The lowest BCUT2D eigenvalue weighted by molar-refractivity contribution is 0.0760. The van der Waals surface area contributed by atoms with Crippen molar-refractivity contribution >= 4 is 5.91 Å². The van der Waals surface area contributed by atoms with Crippen molar-refractivity contribution in [2.24, 2.45) is 0 Å². The molecule has 1 aliphatic rings. The second kappa shape index (κ2) is 4.54. The van der Waals surface area contributed by atoms with E-state index in [1.54, 1.807) is 6.07 Å². The van der Waals surface area contributed by atoms with Gasteiger partial charge in [0, 0.05) is 6.54 Å².